The van der Waals surface area contributed by atoms with Crippen molar-refractivity contribution in [2.75, 3.05) is 5.73 Å². The molecule has 1 heterocycles. The highest BCUT2D eigenvalue weighted by Gasteiger charge is 2.14. The standard InChI is InChI=1S/C12H8ClFN2O/c13-10-3-1-7(14)5-9(10)12(17)11-4-2-8(15)6-16-11/h1-6H,15H2. The second-order valence-electron chi connectivity index (χ2n) is 3.43. The van der Waals surface area contributed by atoms with Crippen LogP contribution < -0.4 is 5.73 Å². The smallest absolute Gasteiger partial charge is 0.212 e. The summed E-state index contributed by atoms with van der Waals surface area (Å²) in [6, 6.07) is 6.63. The topological polar surface area (TPSA) is 56.0 Å². The zero-order valence-corrected chi connectivity index (χ0v) is 9.41. The molecule has 0 saturated heterocycles. The summed E-state index contributed by atoms with van der Waals surface area (Å²) in [7, 11) is 0. The highest BCUT2D eigenvalue weighted by Crippen LogP contribution is 2.20. The van der Waals surface area contributed by atoms with Gasteiger partial charge >= 0.3 is 0 Å². The van der Waals surface area contributed by atoms with E-state index in [0.717, 1.165) is 6.07 Å². The number of nitrogens with two attached hydrogens (primary N) is 1. The molecule has 0 aliphatic heterocycles. The molecule has 0 saturated carbocycles. The van der Waals surface area contributed by atoms with Gasteiger partial charge in [-0.1, -0.05) is 11.6 Å². The van der Waals surface area contributed by atoms with Gasteiger partial charge in [0.25, 0.3) is 0 Å². The van der Waals surface area contributed by atoms with E-state index in [1.165, 1.54) is 24.4 Å². The van der Waals surface area contributed by atoms with Gasteiger partial charge in [0.2, 0.25) is 5.78 Å². The fourth-order valence-corrected chi connectivity index (χ4v) is 1.55. The monoisotopic (exact) mass is 250 g/mol. The van der Waals surface area contributed by atoms with Gasteiger partial charge in [-0.15, -0.1) is 0 Å². The number of pyridine rings is 1. The van der Waals surface area contributed by atoms with Gasteiger partial charge < -0.3 is 5.73 Å². The van der Waals surface area contributed by atoms with E-state index in [0.29, 0.717) is 5.69 Å². The third kappa shape index (κ3) is 2.42. The first kappa shape index (κ1) is 11.5. The number of carbonyl (C=O) groups excluding carboxylic acids is 1. The average Bonchev–Trinajstić information content (AvgIpc) is 2.32. The number of benzene rings is 1. The van der Waals surface area contributed by atoms with Crippen LogP contribution in [-0.4, -0.2) is 10.8 Å². The number of anilines is 1. The van der Waals surface area contributed by atoms with E-state index >= 15 is 0 Å². The molecule has 0 bridgehead atoms. The largest absolute Gasteiger partial charge is 0.397 e. The number of carbonyl (C=O) groups is 1. The molecule has 2 N–H and O–H groups in total. The van der Waals surface area contributed by atoms with E-state index in [2.05, 4.69) is 4.98 Å². The molecular formula is C12H8ClFN2O. The molecule has 2 rings (SSSR count). The molecule has 0 spiro atoms. The molecule has 3 nitrogen and oxygen atoms in total. The normalized spacial score (nSPS) is 10.2. The maximum Gasteiger partial charge on any atom is 0.212 e. The van der Waals surface area contributed by atoms with Crippen LogP contribution in [0.4, 0.5) is 10.1 Å². The number of aromatic nitrogens is 1. The first-order valence-corrected chi connectivity index (χ1v) is 5.17. The highest BCUT2D eigenvalue weighted by atomic mass is 35.5. The first-order valence-electron chi connectivity index (χ1n) is 4.79. The number of hydrogen-bond acceptors (Lipinski definition) is 3. The van der Waals surface area contributed by atoms with E-state index in [-0.39, 0.29) is 16.3 Å². The van der Waals surface area contributed by atoms with E-state index < -0.39 is 11.6 Å². The minimum Gasteiger partial charge on any atom is -0.397 e. The Labute approximate surface area is 102 Å². The van der Waals surface area contributed by atoms with Gasteiger partial charge in [-0.3, -0.25) is 9.78 Å². The maximum absolute atomic E-state index is 13.0. The number of halogens is 2. The predicted octanol–water partition coefficient (Wildman–Crippen LogP) is 2.69. The van der Waals surface area contributed by atoms with Gasteiger partial charge in [0, 0.05) is 5.56 Å². The van der Waals surface area contributed by atoms with Gasteiger partial charge in [-0.05, 0) is 30.3 Å². The summed E-state index contributed by atoms with van der Waals surface area (Å²) in [5, 5.41) is 0.190. The Kier molecular flexibility index (Phi) is 3.06. The zero-order valence-electron chi connectivity index (χ0n) is 8.65. The second-order valence-corrected chi connectivity index (χ2v) is 3.84. The molecule has 0 atom stereocenters. The Morgan fingerprint density at radius 1 is 1.29 bits per heavy atom. The summed E-state index contributed by atoms with van der Waals surface area (Å²) < 4.78 is 13.0. The Morgan fingerprint density at radius 2 is 2.06 bits per heavy atom. The van der Waals surface area contributed by atoms with Gasteiger partial charge in [-0.25, -0.2) is 4.39 Å². The Balaban J connectivity index is 2.43. The number of hydrogen-bond donors (Lipinski definition) is 1. The molecule has 86 valence electrons. The van der Waals surface area contributed by atoms with Crippen molar-refractivity contribution < 1.29 is 9.18 Å². The molecule has 0 unspecified atom stereocenters. The molecule has 0 amide bonds. The number of nitrogens with zero attached hydrogens (tertiary/aromatic N) is 1. The van der Waals surface area contributed by atoms with Crippen molar-refractivity contribution in [3.05, 3.63) is 58.6 Å². The molecule has 0 fully saturated rings. The van der Waals surface area contributed by atoms with E-state index in [4.69, 9.17) is 17.3 Å². The van der Waals surface area contributed by atoms with Gasteiger partial charge in [0.15, 0.2) is 0 Å². The van der Waals surface area contributed by atoms with Crippen molar-refractivity contribution >= 4 is 23.1 Å². The summed E-state index contributed by atoms with van der Waals surface area (Å²) in [5.74, 6) is -0.956. The third-order valence-corrected chi connectivity index (χ3v) is 2.52. The lowest BCUT2D eigenvalue weighted by Gasteiger charge is -2.03. The van der Waals surface area contributed by atoms with Crippen molar-refractivity contribution in [1.29, 1.82) is 0 Å². The van der Waals surface area contributed by atoms with Crippen LogP contribution in [0.2, 0.25) is 5.02 Å². The van der Waals surface area contributed by atoms with E-state index in [1.54, 1.807) is 6.07 Å². The Morgan fingerprint density at radius 3 is 2.71 bits per heavy atom. The van der Waals surface area contributed by atoms with Crippen molar-refractivity contribution in [2.45, 2.75) is 0 Å². The van der Waals surface area contributed by atoms with Crippen LogP contribution in [0.15, 0.2) is 36.5 Å². The molecule has 0 radical (unpaired) electrons. The van der Waals surface area contributed by atoms with Crippen molar-refractivity contribution in [3.8, 4) is 0 Å². The van der Waals surface area contributed by atoms with E-state index in [1.807, 2.05) is 0 Å². The van der Waals surface area contributed by atoms with Crippen LogP contribution in [-0.2, 0) is 0 Å². The minimum atomic E-state index is -0.520. The predicted molar refractivity (Wildman–Crippen MR) is 63.5 cm³/mol. The molecule has 5 heteroatoms. The summed E-state index contributed by atoms with van der Waals surface area (Å²) in [6.45, 7) is 0. The van der Waals surface area contributed by atoms with Crippen LogP contribution in [0.1, 0.15) is 16.1 Å². The molecular weight excluding hydrogens is 243 g/mol. The zero-order chi connectivity index (χ0) is 12.4. The SMILES string of the molecule is Nc1ccc(C(=O)c2cc(F)ccc2Cl)nc1. The van der Waals surface area contributed by atoms with Crippen molar-refractivity contribution in [1.82, 2.24) is 4.98 Å². The molecule has 0 aliphatic carbocycles. The fourth-order valence-electron chi connectivity index (χ4n) is 1.35. The number of rotatable bonds is 2. The highest BCUT2D eigenvalue weighted by molar-refractivity contribution is 6.34. The van der Waals surface area contributed by atoms with Gasteiger partial charge in [-0.2, -0.15) is 0 Å². The van der Waals surface area contributed by atoms with Crippen LogP contribution in [0.5, 0.6) is 0 Å². The molecule has 1 aromatic carbocycles. The fraction of sp³-hybridized carbons (Fsp3) is 0. The first-order chi connectivity index (χ1) is 8.08. The summed E-state index contributed by atoms with van der Waals surface area (Å²) in [5.41, 5.74) is 6.17. The van der Waals surface area contributed by atoms with Crippen molar-refractivity contribution in [3.63, 3.8) is 0 Å². The Bertz CT molecular complexity index is 569. The average molecular weight is 251 g/mol. The maximum atomic E-state index is 13.0. The second kappa shape index (κ2) is 4.51. The quantitative estimate of drug-likeness (QED) is 0.834. The third-order valence-electron chi connectivity index (χ3n) is 2.19. The lowest BCUT2D eigenvalue weighted by atomic mass is 10.1. The minimum absolute atomic E-state index is 0.0870. The molecule has 2 aromatic rings. The molecule has 0 aliphatic rings. The molecule has 17 heavy (non-hydrogen) atoms. The summed E-state index contributed by atoms with van der Waals surface area (Å²) >= 11 is 5.83. The van der Waals surface area contributed by atoms with Crippen molar-refractivity contribution in [2.24, 2.45) is 0 Å². The van der Waals surface area contributed by atoms with Crippen LogP contribution in [0, 0.1) is 5.82 Å². The van der Waals surface area contributed by atoms with Gasteiger partial charge in [0.1, 0.15) is 11.5 Å². The van der Waals surface area contributed by atoms with E-state index in [9.17, 15) is 9.18 Å². The molecule has 1 aromatic heterocycles. The summed E-state index contributed by atoms with van der Waals surface area (Å²) in [6.07, 6.45) is 1.36. The summed E-state index contributed by atoms with van der Waals surface area (Å²) in [4.78, 5) is 15.8. The van der Waals surface area contributed by atoms with Crippen LogP contribution in [0.25, 0.3) is 0 Å². The van der Waals surface area contributed by atoms with Gasteiger partial charge in [0.05, 0.1) is 16.9 Å². The number of ketones is 1. The Hall–Kier alpha value is -1.94. The van der Waals surface area contributed by atoms with Crippen LogP contribution in [0.3, 0.4) is 0 Å². The lowest BCUT2D eigenvalue weighted by molar-refractivity contribution is 0.103. The van der Waals surface area contributed by atoms with Crippen LogP contribution >= 0.6 is 11.6 Å². The number of nitrogen functional groups attached to an aromatic ring is 1. The lowest BCUT2D eigenvalue weighted by Crippen LogP contribution is -2.05.